The molecule has 2 atom stereocenters. The average molecular weight is 471 g/mol. The number of hydrogen-bond donors (Lipinski definition) is 0. The molecule has 1 unspecified atom stereocenters. The summed E-state index contributed by atoms with van der Waals surface area (Å²) < 4.78 is 11.3. The van der Waals surface area contributed by atoms with Crippen LogP contribution >= 0.6 is 23.2 Å². The van der Waals surface area contributed by atoms with E-state index >= 15 is 0 Å². The Labute approximate surface area is 195 Å². The summed E-state index contributed by atoms with van der Waals surface area (Å²) in [6, 6.07) is 14.3. The van der Waals surface area contributed by atoms with Crippen LogP contribution in [0, 0.1) is 11.3 Å². The van der Waals surface area contributed by atoms with Gasteiger partial charge in [0.1, 0.15) is 17.4 Å². The molecule has 2 aliphatic heterocycles. The molecule has 0 aromatic heterocycles. The highest BCUT2D eigenvalue weighted by molar-refractivity contribution is 6.35. The first-order valence-corrected chi connectivity index (χ1v) is 10.8. The highest BCUT2D eigenvalue weighted by Gasteiger charge is 2.59. The van der Waals surface area contributed by atoms with Crippen molar-refractivity contribution in [2.24, 2.45) is 0 Å². The van der Waals surface area contributed by atoms with Gasteiger partial charge in [-0.2, -0.15) is 5.26 Å². The molecule has 1 saturated heterocycles. The summed E-state index contributed by atoms with van der Waals surface area (Å²) in [7, 11) is 1.53. The zero-order valence-corrected chi connectivity index (χ0v) is 19.0. The Balaban J connectivity index is 1.85. The number of nitrogens with zero attached hydrogens (tertiary/aromatic N) is 2. The Bertz CT molecular complexity index is 1150. The summed E-state index contributed by atoms with van der Waals surface area (Å²) in [4.78, 5) is 27.0. The van der Waals surface area contributed by atoms with Crippen LogP contribution in [0.2, 0.25) is 10.0 Å². The van der Waals surface area contributed by atoms with Gasteiger partial charge in [0.15, 0.2) is 0 Å². The Morgan fingerprint density at radius 2 is 1.88 bits per heavy atom. The second kappa shape index (κ2) is 8.50. The van der Waals surface area contributed by atoms with Gasteiger partial charge in [-0.15, -0.1) is 0 Å². The minimum absolute atomic E-state index is 0.233. The Kier molecular flexibility index (Phi) is 5.89. The number of esters is 1. The number of amides is 1. The summed E-state index contributed by atoms with van der Waals surface area (Å²) in [6.07, 6.45) is 0.368. The van der Waals surface area contributed by atoms with E-state index in [4.69, 9.17) is 37.9 Å². The van der Waals surface area contributed by atoms with Crippen molar-refractivity contribution < 1.29 is 19.1 Å². The van der Waals surface area contributed by atoms with Crippen molar-refractivity contribution in [3.8, 4) is 6.07 Å². The van der Waals surface area contributed by atoms with Crippen LogP contribution in [0.4, 0.5) is 0 Å². The monoisotopic (exact) mass is 470 g/mol. The van der Waals surface area contributed by atoms with E-state index < -0.39 is 17.6 Å². The van der Waals surface area contributed by atoms with E-state index in [-0.39, 0.29) is 12.5 Å². The number of methoxy groups -OCH3 is 1. The van der Waals surface area contributed by atoms with Crippen LogP contribution in [0.25, 0.3) is 5.57 Å². The Morgan fingerprint density at radius 3 is 2.44 bits per heavy atom. The molecule has 1 amide bonds. The molecule has 8 heteroatoms. The first-order valence-electron chi connectivity index (χ1n) is 10.0. The predicted molar refractivity (Wildman–Crippen MR) is 120 cm³/mol. The van der Waals surface area contributed by atoms with Gasteiger partial charge in [0.05, 0.1) is 30.9 Å². The van der Waals surface area contributed by atoms with Gasteiger partial charge in [0.2, 0.25) is 0 Å². The number of ether oxygens (including phenoxy) is 2. The van der Waals surface area contributed by atoms with Crippen LogP contribution in [-0.2, 0) is 25.5 Å². The summed E-state index contributed by atoms with van der Waals surface area (Å²) in [5.41, 5.74) is 1.59. The van der Waals surface area contributed by atoms with Gasteiger partial charge in [-0.25, -0.2) is 0 Å². The lowest BCUT2D eigenvalue weighted by Gasteiger charge is -2.33. The smallest absolute Gasteiger partial charge is 0.302 e. The molecular weight excluding hydrogens is 451 g/mol. The normalized spacial score (nSPS) is 22.0. The third-order valence-electron chi connectivity index (χ3n) is 5.84. The SMILES string of the molecule is COC1=C(c2cc(Cl)cc(Cl)c2)C(=O)N2C[C@@H](OC(C)=O)CC12Cc1ccc(C#N)cc1. The maximum absolute atomic E-state index is 13.6. The number of nitriles is 1. The molecular formula is C24H20Cl2N2O4. The van der Waals surface area contributed by atoms with E-state index in [1.54, 1.807) is 35.2 Å². The molecule has 6 nitrogen and oxygen atoms in total. The van der Waals surface area contributed by atoms with Crippen molar-refractivity contribution in [1.82, 2.24) is 4.90 Å². The van der Waals surface area contributed by atoms with Crippen LogP contribution in [-0.4, -0.2) is 42.1 Å². The summed E-state index contributed by atoms with van der Waals surface area (Å²) >= 11 is 12.4. The maximum Gasteiger partial charge on any atom is 0.302 e. The number of fused-ring (bicyclic) bond motifs is 1. The summed E-state index contributed by atoms with van der Waals surface area (Å²) in [5, 5.41) is 9.92. The van der Waals surface area contributed by atoms with Crippen LogP contribution in [0.3, 0.4) is 0 Å². The lowest BCUT2D eigenvalue weighted by molar-refractivity contribution is -0.146. The molecule has 0 N–H and O–H groups in total. The molecule has 0 saturated carbocycles. The third kappa shape index (κ3) is 3.83. The van der Waals surface area contributed by atoms with Crippen LogP contribution < -0.4 is 0 Å². The number of hydrogen-bond acceptors (Lipinski definition) is 5. The fraction of sp³-hybridized carbons (Fsp3) is 0.292. The van der Waals surface area contributed by atoms with Crippen LogP contribution in [0.5, 0.6) is 0 Å². The van der Waals surface area contributed by atoms with Gasteiger partial charge < -0.3 is 14.4 Å². The molecule has 164 valence electrons. The second-order valence-corrected chi connectivity index (χ2v) is 8.81. The van der Waals surface area contributed by atoms with E-state index in [0.717, 1.165) is 5.56 Å². The molecule has 2 aromatic carbocycles. The summed E-state index contributed by atoms with van der Waals surface area (Å²) in [6.45, 7) is 1.60. The van der Waals surface area contributed by atoms with Gasteiger partial charge in [0.25, 0.3) is 5.91 Å². The van der Waals surface area contributed by atoms with Gasteiger partial charge in [-0.05, 0) is 41.5 Å². The fourth-order valence-corrected chi connectivity index (χ4v) is 5.25. The van der Waals surface area contributed by atoms with Gasteiger partial charge in [-0.1, -0.05) is 35.3 Å². The van der Waals surface area contributed by atoms with E-state index in [0.29, 0.717) is 45.3 Å². The number of halogens is 2. The molecule has 2 aliphatic rings. The van der Waals surface area contributed by atoms with Crippen molar-refractivity contribution in [2.75, 3.05) is 13.7 Å². The zero-order chi connectivity index (χ0) is 23.0. The van der Waals surface area contributed by atoms with Crippen molar-refractivity contribution in [3.63, 3.8) is 0 Å². The first-order chi connectivity index (χ1) is 15.3. The summed E-state index contributed by atoms with van der Waals surface area (Å²) in [5.74, 6) is -0.148. The molecule has 2 heterocycles. The predicted octanol–water partition coefficient (Wildman–Crippen LogP) is 4.38. The largest absolute Gasteiger partial charge is 0.498 e. The minimum Gasteiger partial charge on any atom is -0.498 e. The number of carbonyl (C=O) groups excluding carboxylic acids is 2. The van der Waals surface area contributed by atoms with Crippen molar-refractivity contribution in [3.05, 3.63) is 75.0 Å². The number of rotatable bonds is 5. The molecule has 2 aromatic rings. The molecule has 4 rings (SSSR count). The molecule has 0 bridgehead atoms. The zero-order valence-electron chi connectivity index (χ0n) is 17.5. The standard InChI is InChI=1S/C24H20Cl2N2O4/c1-14(29)32-20-11-24(10-15-3-5-16(12-27)6-4-15)22(31-2)21(23(30)28(24)13-20)17-7-18(25)9-19(26)8-17/h3-9,20H,10-11,13H2,1-2H3/t20-,24?/m0/s1. The quantitative estimate of drug-likeness (QED) is 0.605. The van der Waals surface area contributed by atoms with E-state index in [2.05, 4.69) is 6.07 Å². The van der Waals surface area contributed by atoms with E-state index in [9.17, 15) is 9.59 Å². The van der Waals surface area contributed by atoms with Gasteiger partial charge in [-0.3, -0.25) is 9.59 Å². The van der Waals surface area contributed by atoms with Crippen molar-refractivity contribution in [1.29, 1.82) is 5.26 Å². The lowest BCUT2D eigenvalue weighted by Crippen LogP contribution is -2.45. The highest BCUT2D eigenvalue weighted by atomic mass is 35.5. The van der Waals surface area contributed by atoms with Crippen molar-refractivity contribution in [2.45, 2.75) is 31.4 Å². The Morgan fingerprint density at radius 1 is 1.22 bits per heavy atom. The van der Waals surface area contributed by atoms with Gasteiger partial charge >= 0.3 is 5.97 Å². The highest BCUT2D eigenvalue weighted by Crippen LogP contribution is 2.49. The molecule has 0 aliphatic carbocycles. The van der Waals surface area contributed by atoms with Gasteiger partial charge in [0, 0.05) is 29.8 Å². The topological polar surface area (TPSA) is 79.6 Å². The average Bonchev–Trinajstić information content (AvgIpc) is 3.18. The van der Waals surface area contributed by atoms with Crippen LogP contribution in [0.15, 0.2) is 48.2 Å². The minimum atomic E-state index is -0.843. The van der Waals surface area contributed by atoms with Crippen molar-refractivity contribution >= 4 is 40.7 Å². The molecule has 0 spiro atoms. The molecule has 1 fully saturated rings. The first kappa shape index (κ1) is 22.2. The maximum atomic E-state index is 13.6. The second-order valence-electron chi connectivity index (χ2n) is 7.93. The van der Waals surface area contributed by atoms with Crippen LogP contribution in [0.1, 0.15) is 30.0 Å². The number of carbonyl (C=O) groups is 2. The van der Waals surface area contributed by atoms with E-state index in [1.807, 2.05) is 12.1 Å². The third-order valence-corrected chi connectivity index (χ3v) is 6.28. The lowest BCUT2D eigenvalue weighted by atomic mass is 9.85. The number of benzene rings is 2. The Hall–Kier alpha value is -3.01. The molecule has 32 heavy (non-hydrogen) atoms. The van der Waals surface area contributed by atoms with E-state index in [1.165, 1.54) is 14.0 Å². The fourth-order valence-electron chi connectivity index (χ4n) is 4.73. The molecule has 0 radical (unpaired) electrons.